The largest absolute Gasteiger partial charge is 0.494 e. The number of fused-ring (bicyclic) bond motifs is 1. The maximum atomic E-state index is 13.3. The molecular formula is C9H9F2NO2. The van der Waals surface area contributed by atoms with Gasteiger partial charge in [0, 0.05) is 5.56 Å². The molecule has 0 bridgehead atoms. The summed E-state index contributed by atoms with van der Waals surface area (Å²) in [5.74, 6) is -2.33. The molecule has 1 atom stereocenters. The van der Waals surface area contributed by atoms with Crippen LogP contribution in [0.15, 0.2) is 6.07 Å². The van der Waals surface area contributed by atoms with Crippen LogP contribution in [0.1, 0.15) is 11.6 Å². The predicted octanol–water partition coefficient (Wildman–Crippen LogP) is 1.37. The van der Waals surface area contributed by atoms with Gasteiger partial charge in [-0.15, -0.1) is 0 Å². The fraction of sp³-hybridized carbons (Fsp3) is 0.333. The molecule has 0 fully saturated rings. The van der Waals surface area contributed by atoms with Gasteiger partial charge in [-0.3, -0.25) is 0 Å². The molecule has 76 valence electrons. The second-order valence-electron chi connectivity index (χ2n) is 3.04. The van der Waals surface area contributed by atoms with Crippen LogP contribution >= 0.6 is 0 Å². The molecule has 1 aliphatic heterocycles. The van der Waals surface area contributed by atoms with Crippen molar-refractivity contribution < 1.29 is 18.3 Å². The Kier molecular flexibility index (Phi) is 2.03. The quantitative estimate of drug-likeness (QED) is 0.746. The minimum Gasteiger partial charge on any atom is -0.494 e. The number of benzene rings is 1. The number of halogens is 2. The van der Waals surface area contributed by atoms with E-state index in [1.165, 1.54) is 13.2 Å². The summed E-state index contributed by atoms with van der Waals surface area (Å²) in [6, 6.07) is 0.944. The van der Waals surface area contributed by atoms with Crippen molar-refractivity contribution in [2.45, 2.75) is 6.04 Å². The maximum absolute atomic E-state index is 13.3. The van der Waals surface area contributed by atoms with E-state index >= 15 is 0 Å². The molecule has 0 saturated carbocycles. The van der Waals surface area contributed by atoms with E-state index in [9.17, 15) is 8.78 Å². The van der Waals surface area contributed by atoms with Gasteiger partial charge in [0.2, 0.25) is 11.6 Å². The Morgan fingerprint density at radius 3 is 2.86 bits per heavy atom. The topological polar surface area (TPSA) is 44.5 Å². The van der Waals surface area contributed by atoms with Crippen molar-refractivity contribution in [2.24, 2.45) is 5.73 Å². The third kappa shape index (κ3) is 1.13. The SMILES string of the molecule is COc1cc2c(c(F)c1F)OC[C@@H]2N. The number of methoxy groups -OCH3 is 1. The van der Waals surface area contributed by atoms with Crippen LogP contribution in [0.3, 0.4) is 0 Å². The summed E-state index contributed by atoms with van der Waals surface area (Å²) in [6.07, 6.45) is 0. The molecule has 0 saturated heterocycles. The van der Waals surface area contributed by atoms with Crippen molar-refractivity contribution in [3.05, 3.63) is 23.3 Å². The van der Waals surface area contributed by atoms with E-state index < -0.39 is 17.7 Å². The van der Waals surface area contributed by atoms with Crippen molar-refractivity contribution in [3.8, 4) is 11.5 Å². The molecule has 0 radical (unpaired) electrons. The minimum atomic E-state index is -1.04. The Morgan fingerprint density at radius 1 is 1.50 bits per heavy atom. The summed E-state index contributed by atoms with van der Waals surface area (Å²) >= 11 is 0. The van der Waals surface area contributed by atoms with Crippen molar-refractivity contribution in [2.75, 3.05) is 13.7 Å². The summed E-state index contributed by atoms with van der Waals surface area (Å²) in [6.45, 7) is 0.166. The smallest absolute Gasteiger partial charge is 0.204 e. The fourth-order valence-corrected chi connectivity index (χ4v) is 1.44. The Balaban J connectivity index is 2.62. The van der Waals surface area contributed by atoms with Crippen LogP contribution in [0.2, 0.25) is 0 Å². The first-order chi connectivity index (χ1) is 6.65. The summed E-state index contributed by atoms with van der Waals surface area (Å²) in [5.41, 5.74) is 6.06. The van der Waals surface area contributed by atoms with Crippen molar-refractivity contribution in [3.63, 3.8) is 0 Å². The Morgan fingerprint density at radius 2 is 2.21 bits per heavy atom. The van der Waals surface area contributed by atoms with Gasteiger partial charge < -0.3 is 15.2 Å². The van der Waals surface area contributed by atoms with Crippen molar-refractivity contribution in [1.29, 1.82) is 0 Å². The van der Waals surface area contributed by atoms with Crippen LogP contribution in [0.4, 0.5) is 8.78 Å². The summed E-state index contributed by atoms with van der Waals surface area (Å²) in [7, 11) is 1.27. The lowest BCUT2D eigenvalue weighted by molar-refractivity contribution is 0.309. The molecule has 14 heavy (non-hydrogen) atoms. The second-order valence-corrected chi connectivity index (χ2v) is 3.04. The molecule has 0 spiro atoms. The highest BCUT2D eigenvalue weighted by atomic mass is 19.2. The van der Waals surface area contributed by atoms with Gasteiger partial charge in [-0.25, -0.2) is 0 Å². The molecule has 2 rings (SSSR count). The monoisotopic (exact) mass is 201 g/mol. The van der Waals surface area contributed by atoms with E-state index in [1.54, 1.807) is 0 Å². The molecule has 1 aromatic carbocycles. The van der Waals surface area contributed by atoms with Gasteiger partial charge in [-0.05, 0) is 6.07 Å². The molecule has 3 nitrogen and oxygen atoms in total. The molecule has 0 unspecified atom stereocenters. The number of hydrogen-bond donors (Lipinski definition) is 1. The Bertz CT molecular complexity index is 382. The molecule has 2 N–H and O–H groups in total. The zero-order valence-electron chi connectivity index (χ0n) is 7.51. The number of hydrogen-bond acceptors (Lipinski definition) is 3. The summed E-state index contributed by atoms with van der Waals surface area (Å²) < 4.78 is 36.1. The van der Waals surface area contributed by atoms with Gasteiger partial charge in [0.05, 0.1) is 13.2 Å². The van der Waals surface area contributed by atoms with Gasteiger partial charge in [0.25, 0.3) is 0 Å². The van der Waals surface area contributed by atoms with E-state index in [-0.39, 0.29) is 18.1 Å². The van der Waals surface area contributed by atoms with E-state index in [0.717, 1.165) is 0 Å². The Labute approximate surface area is 79.4 Å². The van der Waals surface area contributed by atoms with Crippen LogP contribution in [0, 0.1) is 11.6 Å². The van der Waals surface area contributed by atoms with Gasteiger partial charge in [-0.1, -0.05) is 0 Å². The van der Waals surface area contributed by atoms with E-state index in [2.05, 4.69) is 4.74 Å². The predicted molar refractivity (Wildman–Crippen MR) is 45.3 cm³/mol. The standard InChI is InChI=1S/C9H9F2NO2/c1-13-6-2-4-5(12)3-14-9(4)8(11)7(6)10/h2,5H,3,12H2,1H3/t5-/m0/s1. The van der Waals surface area contributed by atoms with Crippen molar-refractivity contribution >= 4 is 0 Å². The number of rotatable bonds is 1. The highest BCUT2D eigenvalue weighted by Gasteiger charge is 2.28. The van der Waals surface area contributed by atoms with Crippen molar-refractivity contribution in [1.82, 2.24) is 0 Å². The average Bonchev–Trinajstić information content (AvgIpc) is 2.54. The first-order valence-electron chi connectivity index (χ1n) is 4.09. The van der Waals surface area contributed by atoms with Gasteiger partial charge in [0.1, 0.15) is 6.61 Å². The zero-order chi connectivity index (χ0) is 10.3. The molecule has 0 amide bonds. The minimum absolute atomic E-state index is 0.101. The average molecular weight is 201 g/mol. The van der Waals surface area contributed by atoms with Crippen LogP contribution < -0.4 is 15.2 Å². The lowest BCUT2D eigenvalue weighted by atomic mass is 10.1. The number of nitrogens with two attached hydrogens (primary N) is 1. The summed E-state index contributed by atoms with van der Waals surface area (Å²) in [5, 5.41) is 0. The maximum Gasteiger partial charge on any atom is 0.204 e. The third-order valence-corrected chi connectivity index (χ3v) is 2.18. The first kappa shape index (κ1) is 9.21. The lowest BCUT2D eigenvalue weighted by Crippen LogP contribution is -2.10. The second kappa shape index (κ2) is 3.09. The highest BCUT2D eigenvalue weighted by Crippen LogP contribution is 2.38. The highest BCUT2D eigenvalue weighted by molar-refractivity contribution is 5.46. The summed E-state index contributed by atoms with van der Waals surface area (Å²) in [4.78, 5) is 0. The third-order valence-electron chi connectivity index (χ3n) is 2.18. The van der Waals surface area contributed by atoms with Gasteiger partial charge >= 0.3 is 0 Å². The normalized spacial score (nSPS) is 19.0. The van der Waals surface area contributed by atoms with Gasteiger partial charge in [-0.2, -0.15) is 8.78 Å². The molecule has 1 heterocycles. The zero-order valence-corrected chi connectivity index (χ0v) is 7.51. The molecule has 5 heteroatoms. The van der Waals surface area contributed by atoms with Crippen LogP contribution in [0.25, 0.3) is 0 Å². The molecular weight excluding hydrogens is 192 g/mol. The van der Waals surface area contributed by atoms with E-state index in [0.29, 0.717) is 5.56 Å². The molecule has 0 aromatic heterocycles. The van der Waals surface area contributed by atoms with Crippen LogP contribution in [0.5, 0.6) is 11.5 Å². The number of ether oxygens (including phenoxy) is 2. The van der Waals surface area contributed by atoms with Gasteiger partial charge in [0.15, 0.2) is 11.5 Å². The Hall–Kier alpha value is -1.36. The van der Waals surface area contributed by atoms with Crippen LogP contribution in [-0.2, 0) is 0 Å². The molecule has 1 aliphatic rings. The molecule has 1 aromatic rings. The van der Waals surface area contributed by atoms with Crippen LogP contribution in [-0.4, -0.2) is 13.7 Å². The fourth-order valence-electron chi connectivity index (χ4n) is 1.44. The first-order valence-corrected chi connectivity index (χ1v) is 4.09. The molecule has 0 aliphatic carbocycles. The van der Waals surface area contributed by atoms with E-state index in [1.807, 2.05) is 0 Å². The van der Waals surface area contributed by atoms with E-state index in [4.69, 9.17) is 10.5 Å². The lowest BCUT2D eigenvalue weighted by Gasteiger charge is -2.07.